The minimum atomic E-state index is -0.640. The van der Waals surface area contributed by atoms with Crippen molar-refractivity contribution in [2.75, 3.05) is 6.61 Å². The molecular formula is C18H17BrFNO3. The van der Waals surface area contributed by atoms with Crippen LogP contribution in [-0.4, -0.2) is 24.3 Å². The minimum absolute atomic E-state index is 0.0178. The van der Waals surface area contributed by atoms with Crippen LogP contribution in [0, 0.1) is 5.82 Å². The van der Waals surface area contributed by atoms with Crippen LogP contribution in [0.3, 0.4) is 0 Å². The number of ether oxygens (including phenoxy) is 1. The van der Waals surface area contributed by atoms with E-state index in [9.17, 15) is 14.0 Å². The third-order valence-corrected chi connectivity index (χ3v) is 3.85. The number of carbonyl (C=O) groups excluding carboxylic acids is 2. The normalized spacial score (nSPS) is 11.6. The maximum Gasteiger partial charge on any atom is 0.258 e. The van der Waals surface area contributed by atoms with E-state index in [0.29, 0.717) is 10.9 Å². The number of hydrogen-bond donors (Lipinski definition) is 1. The summed E-state index contributed by atoms with van der Waals surface area (Å²) >= 11 is 3.14. The second-order valence-electron chi connectivity index (χ2n) is 5.28. The molecule has 0 radical (unpaired) electrons. The van der Waals surface area contributed by atoms with Gasteiger partial charge in [-0.15, -0.1) is 0 Å². The van der Waals surface area contributed by atoms with Crippen LogP contribution in [0.1, 0.15) is 12.5 Å². The largest absolute Gasteiger partial charge is 0.481 e. The van der Waals surface area contributed by atoms with Gasteiger partial charge in [-0.25, -0.2) is 4.39 Å². The maximum atomic E-state index is 13.6. The van der Waals surface area contributed by atoms with Crippen molar-refractivity contribution in [3.8, 4) is 5.75 Å². The Morgan fingerprint density at radius 2 is 1.92 bits per heavy atom. The summed E-state index contributed by atoms with van der Waals surface area (Å²) in [5.41, 5.74) is 0.942. The van der Waals surface area contributed by atoms with Crippen LogP contribution in [0.4, 0.5) is 4.39 Å². The number of halogens is 2. The van der Waals surface area contributed by atoms with Gasteiger partial charge in [0.1, 0.15) is 0 Å². The summed E-state index contributed by atoms with van der Waals surface area (Å²) in [5.74, 6) is -1.21. The Morgan fingerprint density at radius 1 is 1.21 bits per heavy atom. The van der Waals surface area contributed by atoms with E-state index in [2.05, 4.69) is 21.2 Å². The molecule has 0 spiro atoms. The van der Waals surface area contributed by atoms with Crippen molar-refractivity contribution in [1.29, 1.82) is 0 Å². The summed E-state index contributed by atoms with van der Waals surface area (Å²) in [6, 6.07) is 13.0. The molecule has 0 aliphatic rings. The molecule has 1 atom stereocenters. The topological polar surface area (TPSA) is 55.4 Å². The third-order valence-electron chi connectivity index (χ3n) is 3.36. The zero-order valence-corrected chi connectivity index (χ0v) is 14.7. The average molecular weight is 394 g/mol. The highest BCUT2D eigenvalue weighted by Crippen LogP contribution is 2.21. The lowest BCUT2D eigenvalue weighted by Crippen LogP contribution is -2.43. The first-order valence-corrected chi connectivity index (χ1v) is 8.16. The Kier molecular flexibility index (Phi) is 6.49. The standard InChI is InChI=1S/C18H17BrFNO3/c1-12(22)16(9-13-5-3-2-4-6-13)21-18(23)11-24-17-8-7-14(19)10-15(17)20/h2-8,10,16H,9,11H2,1H3,(H,21,23). The van der Waals surface area contributed by atoms with Gasteiger partial charge in [0.05, 0.1) is 6.04 Å². The van der Waals surface area contributed by atoms with Gasteiger partial charge in [0.15, 0.2) is 24.0 Å². The Balaban J connectivity index is 1.92. The summed E-state index contributed by atoms with van der Waals surface area (Å²) in [6.07, 6.45) is 0.397. The van der Waals surface area contributed by atoms with E-state index in [1.807, 2.05) is 30.3 Å². The number of ketones is 1. The first-order valence-electron chi connectivity index (χ1n) is 7.37. The molecule has 6 heteroatoms. The van der Waals surface area contributed by atoms with Crippen LogP contribution >= 0.6 is 15.9 Å². The molecule has 2 aromatic rings. The van der Waals surface area contributed by atoms with Crippen molar-refractivity contribution in [3.63, 3.8) is 0 Å². The van der Waals surface area contributed by atoms with Crippen molar-refractivity contribution in [2.45, 2.75) is 19.4 Å². The zero-order chi connectivity index (χ0) is 17.5. The average Bonchev–Trinajstić information content (AvgIpc) is 2.54. The zero-order valence-electron chi connectivity index (χ0n) is 13.1. The molecule has 2 aromatic carbocycles. The van der Waals surface area contributed by atoms with Gasteiger partial charge in [-0.2, -0.15) is 0 Å². The van der Waals surface area contributed by atoms with E-state index in [4.69, 9.17) is 4.74 Å². The number of Topliss-reactive ketones (excluding diaryl/α,β-unsaturated/α-hetero) is 1. The number of hydrogen-bond acceptors (Lipinski definition) is 3. The molecule has 0 saturated heterocycles. The fourth-order valence-corrected chi connectivity index (χ4v) is 2.45. The molecule has 0 aliphatic carbocycles. The molecule has 1 unspecified atom stereocenters. The number of amides is 1. The molecule has 0 heterocycles. The Morgan fingerprint density at radius 3 is 2.54 bits per heavy atom. The monoisotopic (exact) mass is 393 g/mol. The Bertz CT molecular complexity index is 721. The van der Waals surface area contributed by atoms with Gasteiger partial charge in [0.2, 0.25) is 0 Å². The van der Waals surface area contributed by atoms with Crippen molar-refractivity contribution >= 4 is 27.6 Å². The van der Waals surface area contributed by atoms with Gasteiger partial charge in [-0.1, -0.05) is 46.3 Å². The van der Waals surface area contributed by atoms with Crippen LogP contribution in [0.5, 0.6) is 5.75 Å². The van der Waals surface area contributed by atoms with E-state index in [1.165, 1.54) is 19.1 Å². The number of benzene rings is 2. The highest BCUT2D eigenvalue weighted by molar-refractivity contribution is 9.10. The Labute approximate surface area is 148 Å². The van der Waals surface area contributed by atoms with Crippen molar-refractivity contribution in [2.24, 2.45) is 0 Å². The van der Waals surface area contributed by atoms with Gasteiger partial charge in [0.25, 0.3) is 5.91 Å². The third kappa shape index (κ3) is 5.45. The minimum Gasteiger partial charge on any atom is -0.481 e. The van der Waals surface area contributed by atoms with Crippen molar-refractivity contribution in [3.05, 3.63) is 64.4 Å². The molecule has 0 fully saturated rings. The number of nitrogens with one attached hydrogen (secondary N) is 1. The van der Waals surface area contributed by atoms with Gasteiger partial charge in [0, 0.05) is 4.47 Å². The molecule has 24 heavy (non-hydrogen) atoms. The van der Waals surface area contributed by atoms with E-state index < -0.39 is 17.8 Å². The molecule has 0 aliphatic heterocycles. The van der Waals surface area contributed by atoms with Crippen LogP contribution in [0.2, 0.25) is 0 Å². The van der Waals surface area contributed by atoms with Crippen LogP contribution < -0.4 is 10.1 Å². The number of carbonyl (C=O) groups is 2. The quantitative estimate of drug-likeness (QED) is 0.784. The summed E-state index contributed by atoms with van der Waals surface area (Å²) < 4.78 is 19.4. The molecule has 0 bridgehead atoms. The lowest BCUT2D eigenvalue weighted by molar-refractivity contribution is -0.128. The maximum absolute atomic E-state index is 13.6. The molecule has 126 valence electrons. The molecule has 2 rings (SSSR count). The Hall–Kier alpha value is -2.21. The summed E-state index contributed by atoms with van der Waals surface area (Å²) in [6.45, 7) is 1.06. The molecule has 1 amide bonds. The molecule has 0 aromatic heterocycles. The molecule has 1 N–H and O–H groups in total. The predicted octanol–water partition coefficient (Wildman–Crippen LogP) is 3.28. The SMILES string of the molecule is CC(=O)C(Cc1ccccc1)NC(=O)COc1ccc(Br)cc1F. The fraction of sp³-hybridized carbons (Fsp3) is 0.222. The van der Waals surface area contributed by atoms with Gasteiger partial charge in [-0.05, 0) is 37.1 Å². The van der Waals surface area contributed by atoms with E-state index in [0.717, 1.165) is 5.56 Å². The summed E-state index contributed by atoms with van der Waals surface area (Å²) in [4.78, 5) is 23.7. The van der Waals surface area contributed by atoms with Crippen LogP contribution in [-0.2, 0) is 16.0 Å². The molecular weight excluding hydrogens is 377 g/mol. The fourth-order valence-electron chi connectivity index (χ4n) is 2.12. The molecule has 4 nitrogen and oxygen atoms in total. The van der Waals surface area contributed by atoms with Crippen LogP contribution in [0.25, 0.3) is 0 Å². The molecule has 0 saturated carbocycles. The van der Waals surface area contributed by atoms with Gasteiger partial charge < -0.3 is 10.1 Å². The predicted molar refractivity (Wildman–Crippen MR) is 92.4 cm³/mol. The second kappa shape index (κ2) is 8.59. The first-order chi connectivity index (χ1) is 11.5. The second-order valence-corrected chi connectivity index (χ2v) is 6.20. The highest BCUT2D eigenvalue weighted by Gasteiger charge is 2.18. The van der Waals surface area contributed by atoms with E-state index in [1.54, 1.807) is 6.07 Å². The smallest absolute Gasteiger partial charge is 0.258 e. The van der Waals surface area contributed by atoms with Crippen LogP contribution in [0.15, 0.2) is 53.0 Å². The van der Waals surface area contributed by atoms with E-state index >= 15 is 0 Å². The summed E-state index contributed by atoms with van der Waals surface area (Å²) in [5, 5.41) is 2.62. The lowest BCUT2D eigenvalue weighted by atomic mass is 10.0. The van der Waals surface area contributed by atoms with E-state index in [-0.39, 0.29) is 18.1 Å². The highest BCUT2D eigenvalue weighted by atomic mass is 79.9. The number of rotatable bonds is 7. The van der Waals surface area contributed by atoms with Gasteiger partial charge >= 0.3 is 0 Å². The van der Waals surface area contributed by atoms with Crippen molar-refractivity contribution in [1.82, 2.24) is 5.32 Å². The van der Waals surface area contributed by atoms with Crippen molar-refractivity contribution < 1.29 is 18.7 Å². The summed E-state index contributed by atoms with van der Waals surface area (Å²) in [7, 11) is 0. The lowest BCUT2D eigenvalue weighted by Gasteiger charge is -2.16. The first kappa shape index (κ1) is 18.1. The van der Waals surface area contributed by atoms with Gasteiger partial charge in [-0.3, -0.25) is 9.59 Å².